The van der Waals surface area contributed by atoms with E-state index in [1.54, 1.807) is 0 Å². The van der Waals surface area contributed by atoms with Crippen molar-refractivity contribution in [1.82, 2.24) is 15.3 Å². The van der Waals surface area contributed by atoms with Gasteiger partial charge < -0.3 is 10.3 Å². The van der Waals surface area contributed by atoms with Gasteiger partial charge in [0.15, 0.2) is 0 Å². The predicted molar refractivity (Wildman–Crippen MR) is 72.3 cm³/mol. The Balaban J connectivity index is 2.19. The van der Waals surface area contributed by atoms with Crippen molar-refractivity contribution < 1.29 is 0 Å². The highest BCUT2D eigenvalue weighted by Crippen LogP contribution is 2.15. The SMILES string of the molecule is CCNC(C)Cc1nc2ccc(CC)cc2[nH]1. The fourth-order valence-corrected chi connectivity index (χ4v) is 2.14. The first-order valence-electron chi connectivity index (χ1n) is 6.43. The number of fused-ring (bicyclic) bond motifs is 1. The van der Waals surface area contributed by atoms with Crippen LogP contribution in [-0.2, 0) is 12.8 Å². The minimum Gasteiger partial charge on any atom is -0.342 e. The van der Waals surface area contributed by atoms with Gasteiger partial charge in [0, 0.05) is 12.5 Å². The molecule has 1 atom stereocenters. The summed E-state index contributed by atoms with van der Waals surface area (Å²) in [5.41, 5.74) is 3.58. The van der Waals surface area contributed by atoms with E-state index in [0.29, 0.717) is 6.04 Å². The van der Waals surface area contributed by atoms with Gasteiger partial charge in [-0.15, -0.1) is 0 Å². The number of hydrogen-bond acceptors (Lipinski definition) is 2. The quantitative estimate of drug-likeness (QED) is 0.830. The summed E-state index contributed by atoms with van der Waals surface area (Å²) in [5, 5.41) is 3.40. The van der Waals surface area contributed by atoms with E-state index in [9.17, 15) is 0 Å². The molecule has 2 N–H and O–H groups in total. The molecule has 0 fully saturated rings. The molecule has 0 amide bonds. The van der Waals surface area contributed by atoms with E-state index in [1.165, 1.54) is 5.56 Å². The lowest BCUT2D eigenvalue weighted by atomic mass is 10.1. The molecule has 3 heteroatoms. The van der Waals surface area contributed by atoms with Crippen LogP contribution in [0.2, 0.25) is 0 Å². The second-order valence-corrected chi connectivity index (χ2v) is 4.55. The normalized spacial score (nSPS) is 13.1. The molecule has 1 aromatic heterocycles. The maximum Gasteiger partial charge on any atom is 0.108 e. The molecule has 0 spiro atoms. The average Bonchev–Trinajstić information content (AvgIpc) is 2.69. The summed E-state index contributed by atoms with van der Waals surface area (Å²) in [6.07, 6.45) is 2.02. The van der Waals surface area contributed by atoms with Crippen LogP contribution in [0.3, 0.4) is 0 Å². The zero-order valence-corrected chi connectivity index (χ0v) is 10.9. The number of aromatic amines is 1. The molecule has 3 nitrogen and oxygen atoms in total. The van der Waals surface area contributed by atoms with Crippen LogP contribution in [0.15, 0.2) is 18.2 Å². The third kappa shape index (κ3) is 2.86. The minimum atomic E-state index is 0.464. The fourth-order valence-electron chi connectivity index (χ4n) is 2.14. The Kier molecular flexibility index (Phi) is 3.79. The van der Waals surface area contributed by atoms with E-state index < -0.39 is 0 Å². The summed E-state index contributed by atoms with van der Waals surface area (Å²) in [5.74, 6) is 1.07. The van der Waals surface area contributed by atoms with Crippen LogP contribution < -0.4 is 5.32 Å². The van der Waals surface area contributed by atoms with E-state index in [2.05, 4.69) is 54.3 Å². The topological polar surface area (TPSA) is 40.7 Å². The Morgan fingerprint density at radius 1 is 1.35 bits per heavy atom. The third-order valence-electron chi connectivity index (χ3n) is 3.06. The number of likely N-dealkylation sites (N-methyl/N-ethyl adjacent to an activating group) is 1. The zero-order valence-electron chi connectivity index (χ0n) is 10.9. The van der Waals surface area contributed by atoms with Crippen LogP contribution in [0.4, 0.5) is 0 Å². The molecule has 2 aromatic rings. The van der Waals surface area contributed by atoms with Crippen LogP contribution in [-0.4, -0.2) is 22.6 Å². The lowest BCUT2D eigenvalue weighted by Gasteiger charge is -2.09. The molecule has 0 aliphatic carbocycles. The second-order valence-electron chi connectivity index (χ2n) is 4.55. The molecule has 17 heavy (non-hydrogen) atoms. The molecule has 2 rings (SSSR count). The van der Waals surface area contributed by atoms with E-state index in [0.717, 1.165) is 36.2 Å². The average molecular weight is 231 g/mol. The van der Waals surface area contributed by atoms with Gasteiger partial charge in [-0.1, -0.05) is 19.9 Å². The molecule has 0 aliphatic rings. The molecule has 1 unspecified atom stereocenters. The summed E-state index contributed by atoms with van der Waals surface area (Å²) in [6, 6.07) is 6.92. The van der Waals surface area contributed by atoms with E-state index in [-0.39, 0.29) is 0 Å². The van der Waals surface area contributed by atoms with E-state index in [4.69, 9.17) is 0 Å². The molecule has 0 radical (unpaired) electrons. The van der Waals surface area contributed by atoms with Crippen molar-refractivity contribution in [3.8, 4) is 0 Å². The Morgan fingerprint density at radius 3 is 2.88 bits per heavy atom. The van der Waals surface area contributed by atoms with Crippen LogP contribution in [0.25, 0.3) is 11.0 Å². The lowest BCUT2D eigenvalue weighted by Crippen LogP contribution is -2.27. The minimum absolute atomic E-state index is 0.464. The summed E-state index contributed by atoms with van der Waals surface area (Å²) in [6.45, 7) is 7.49. The van der Waals surface area contributed by atoms with Crippen molar-refractivity contribution in [1.29, 1.82) is 0 Å². The summed E-state index contributed by atoms with van der Waals surface area (Å²) < 4.78 is 0. The Morgan fingerprint density at radius 2 is 2.18 bits per heavy atom. The number of imidazole rings is 1. The monoisotopic (exact) mass is 231 g/mol. The second kappa shape index (κ2) is 5.32. The van der Waals surface area contributed by atoms with Crippen LogP contribution >= 0.6 is 0 Å². The first-order chi connectivity index (χ1) is 8.22. The largest absolute Gasteiger partial charge is 0.342 e. The lowest BCUT2D eigenvalue weighted by molar-refractivity contribution is 0.555. The molecule has 0 saturated heterocycles. The number of nitrogens with one attached hydrogen (secondary N) is 2. The highest BCUT2D eigenvalue weighted by molar-refractivity contribution is 5.75. The van der Waals surface area contributed by atoms with Crippen LogP contribution in [0.1, 0.15) is 32.2 Å². The van der Waals surface area contributed by atoms with Crippen molar-refractivity contribution in [2.75, 3.05) is 6.54 Å². The maximum atomic E-state index is 4.61. The number of aryl methyl sites for hydroxylation is 1. The highest BCUT2D eigenvalue weighted by Gasteiger charge is 2.07. The number of benzene rings is 1. The van der Waals surface area contributed by atoms with Gasteiger partial charge in [0.25, 0.3) is 0 Å². The molecule has 92 valence electrons. The van der Waals surface area contributed by atoms with Gasteiger partial charge in [0.05, 0.1) is 11.0 Å². The molecule has 1 aromatic carbocycles. The number of hydrogen-bond donors (Lipinski definition) is 2. The smallest absolute Gasteiger partial charge is 0.108 e. The Bertz CT molecular complexity index is 487. The number of H-pyrrole nitrogens is 1. The van der Waals surface area contributed by atoms with Crippen molar-refractivity contribution >= 4 is 11.0 Å². The van der Waals surface area contributed by atoms with Crippen molar-refractivity contribution in [2.24, 2.45) is 0 Å². The van der Waals surface area contributed by atoms with Gasteiger partial charge >= 0.3 is 0 Å². The summed E-state index contributed by atoms with van der Waals surface area (Å²) >= 11 is 0. The molecule has 0 saturated carbocycles. The first-order valence-corrected chi connectivity index (χ1v) is 6.43. The summed E-state index contributed by atoms with van der Waals surface area (Å²) in [4.78, 5) is 8.02. The Hall–Kier alpha value is -1.35. The molecule has 1 heterocycles. The van der Waals surface area contributed by atoms with Crippen molar-refractivity contribution in [3.05, 3.63) is 29.6 Å². The van der Waals surface area contributed by atoms with Crippen LogP contribution in [0.5, 0.6) is 0 Å². The molecule has 0 aliphatic heterocycles. The van der Waals surface area contributed by atoms with Gasteiger partial charge in [0.1, 0.15) is 5.82 Å². The van der Waals surface area contributed by atoms with Gasteiger partial charge in [0.2, 0.25) is 0 Å². The highest BCUT2D eigenvalue weighted by atomic mass is 14.9. The van der Waals surface area contributed by atoms with Crippen molar-refractivity contribution in [3.63, 3.8) is 0 Å². The van der Waals surface area contributed by atoms with Gasteiger partial charge in [-0.3, -0.25) is 0 Å². The maximum absolute atomic E-state index is 4.61. The number of rotatable bonds is 5. The first kappa shape index (κ1) is 12.1. The number of nitrogens with zero attached hydrogens (tertiary/aromatic N) is 1. The van der Waals surface area contributed by atoms with Gasteiger partial charge in [-0.05, 0) is 37.6 Å². The van der Waals surface area contributed by atoms with E-state index in [1.807, 2.05) is 0 Å². The van der Waals surface area contributed by atoms with Gasteiger partial charge in [-0.25, -0.2) is 4.98 Å². The molecule has 0 bridgehead atoms. The number of aromatic nitrogens is 2. The third-order valence-corrected chi connectivity index (χ3v) is 3.06. The zero-order chi connectivity index (χ0) is 12.3. The van der Waals surface area contributed by atoms with Gasteiger partial charge in [-0.2, -0.15) is 0 Å². The van der Waals surface area contributed by atoms with Crippen LogP contribution in [0, 0.1) is 0 Å². The fraction of sp³-hybridized carbons (Fsp3) is 0.500. The predicted octanol–water partition coefficient (Wildman–Crippen LogP) is 2.67. The standard InChI is InChI=1S/C14H21N3/c1-4-11-6-7-12-13(9-11)17-14(16-12)8-10(3)15-5-2/h6-7,9-10,15H,4-5,8H2,1-3H3,(H,16,17). The molecular formula is C14H21N3. The summed E-state index contributed by atoms with van der Waals surface area (Å²) in [7, 11) is 0. The van der Waals surface area contributed by atoms with E-state index >= 15 is 0 Å². The Labute approximate surface area is 103 Å². The molecular weight excluding hydrogens is 210 g/mol. The van der Waals surface area contributed by atoms with Crippen molar-refractivity contribution in [2.45, 2.75) is 39.7 Å².